The van der Waals surface area contributed by atoms with Crippen molar-refractivity contribution >= 4 is 18.2 Å². The minimum absolute atomic E-state index is 0.0169. The second-order valence-electron chi connectivity index (χ2n) is 9.53. The van der Waals surface area contributed by atoms with E-state index in [0.717, 1.165) is 19.3 Å². The maximum atomic E-state index is 12.1. The Labute approximate surface area is 195 Å². The van der Waals surface area contributed by atoms with Crippen LogP contribution in [0.5, 0.6) is 0 Å². The molecule has 2 rings (SSSR count). The minimum Gasteiger partial charge on any atom is -0.459 e. The van der Waals surface area contributed by atoms with Gasteiger partial charge in [0.05, 0.1) is 12.7 Å². The van der Waals surface area contributed by atoms with Gasteiger partial charge in [0.15, 0.2) is 6.10 Å². The first kappa shape index (κ1) is 26.9. The standard InChI is InChI=1S/C23H38N2O8/c1-15(2)20(26)30-10-11-31-21(27)25-14-23(4,5)12-16(3)6-8-24-22(28)33-18-13-32-17-7-9-29-19(17)18/h16-19H,1,6-14H2,2-5H3,(H,24,28)(H,25,27)/t16?,17-,18-,19+/m1/s1. The number of fused-ring (bicyclic) bond motifs is 1. The van der Waals surface area contributed by atoms with Crippen molar-refractivity contribution in [3.63, 3.8) is 0 Å². The van der Waals surface area contributed by atoms with E-state index in [2.05, 4.69) is 38.0 Å². The van der Waals surface area contributed by atoms with Gasteiger partial charge in [0.2, 0.25) is 0 Å². The molecule has 2 aliphatic heterocycles. The summed E-state index contributed by atoms with van der Waals surface area (Å²) in [4.78, 5) is 35.2. The van der Waals surface area contributed by atoms with Crippen LogP contribution >= 0.6 is 0 Å². The van der Waals surface area contributed by atoms with Gasteiger partial charge in [0.25, 0.3) is 0 Å². The highest BCUT2D eigenvalue weighted by Crippen LogP contribution is 2.28. The quantitative estimate of drug-likeness (QED) is 0.193. The molecule has 0 bridgehead atoms. The normalized spacial score (nSPS) is 22.7. The van der Waals surface area contributed by atoms with Gasteiger partial charge in [-0.25, -0.2) is 14.4 Å². The van der Waals surface area contributed by atoms with Crippen LogP contribution in [0, 0.1) is 11.3 Å². The van der Waals surface area contributed by atoms with Crippen LogP contribution in [0.15, 0.2) is 12.2 Å². The fraction of sp³-hybridized carbons (Fsp3) is 0.783. The van der Waals surface area contributed by atoms with E-state index in [9.17, 15) is 14.4 Å². The lowest BCUT2D eigenvalue weighted by Crippen LogP contribution is -2.37. The van der Waals surface area contributed by atoms with Crippen molar-refractivity contribution in [3.05, 3.63) is 12.2 Å². The number of alkyl carbamates (subject to hydrolysis) is 2. The van der Waals surface area contributed by atoms with Gasteiger partial charge in [0.1, 0.15) is 19.3 Å². The molecule has 2 fully saturated rings. The van der Waals surface area contributed by atoms with Gasteiger partial charge in [-0.2, -0.15) is 0 Å². The predicted octanol–water partition coefficient (Wildman–Crippen LogP) is 2.56. The molecule has 0 aliphatic carbocycles. The molecule has 0 aromatic carbocycles. The second-order valence-corrected chi connectivity index (χ2v) is 9.53. The van der Waals surface area contributed by atoms with Gasteiger partial charge in [0, 0.05) is 25.3 Å². The van der Waals surface area contributed by atoms with Crippen LogP contribution in [-0.4, -0.2) is 76.0 Å². The van der Waals surface area contributed by atoms with Crippen molar-refractivity contribution in [2.24, 2.45) is 11.3 Å². The summed E-state index contributed by atoms with van der Waals surface area (Å²) in [6, 6.07) is 0. The summed E-state index contributed by atoms with van der Waals surface area (Å²) < 4.78 is 26.5. The van der Waals surface area contributed by atoms with Crippen molar-refractivity contribution in [2.45, 2.75) is 65.3 Å². The average molecular weight is 471 g/mol. The van der Waals surface area contributed by atoms with E-state index in [1.807, 2.05) is 0 Å². The first-order valence-electron chi connectivity index (χ1n) is 11.5. The number of nitrogens with one attached hydrogen (secondary N) is 2. The van der Waals surface area contributed by atoms with Crippen LogP contribution in [-0.2, 0) is 28.5 Å². The first-order valence-corrected chi connectivity index (χ1v) is 11.5. The zero-order valence-corrected chi connectivity index (χ0v) is 20.1. The Morgan fingerprint density at radius 2 is 1.85 bits per heavy atom. The fourth-order valence-corrected chi connectivity index (χ4v) is 4.00. The Hall–Kier alpha value is -2.33. The monoisotopic (exact) mass is 470 g/mol. The van der Waals surface area contributed by atoms with E-state index in [0.29, 0.717) is 37.8 Å². The van der Waals surface area contributed by atoms with E-state index in [4.69, 9.17) is 23.7 Å². The van der Waals surface area contributed by atoms with E-state index >= 15 is 0 Å². The van der Waals surface area contributed by atoms with E-state index in [-0.39, 0.29) is 36.9 Å². The number of amides is 2. The Balaban J connectivity index is 1.55. The van der Waals surface area contributed by atoms with Gasteiger partial charge < -0.3 is 34.3 Å². The van der Waals surface area contributed by atoms with E-state index in [1.54, 1.807) is 6.92 Å². The molecule has 2 amide bonds. The molecular formula is C23H38N2O8. The number of ether oxygens (including phenoxy) is 5. The number of carbonyl (C=O) groups is 3. The Morgan fingerprint density at radius 1 is 1.12 bits per heavy atom. The lowest BCUT2D eigenvalue weighted by atomic mass is 9.82. The summed E-state index contributed by atoms with van der Waals surface area (Å²) in [6.07, 6.45) is 0.987. The molecule has 0 radical (unpaired) electrons. The number of rotatable bonds is 12. The maximum absolute atomic E-state index is 12.1. The molecule has 2 heterocycles. The molecule has 2 N–H and O–H groups in total. The molecule has 33 heavy (non-hydrogen) atoms. The molecule has 10 heteroatoms. The topological polar surface area (TPSA) is 121 Å². The van der Waals surface area contributed by atoms with Crippen molar-refractivity contribution in [1.29, 1.82) is 0 Å². The lowest BCUT2D eigenvalue weighted by Gasteiger charge is -2.28. The van der Waals surface area contributed by atoms with Gasteiger partial charge >= 0.3 is 18.2 Å². The Kier molecular flexibility index (Phi) is 10.4. The summed E-state index contributed by atoms with van der Waals surface area (Å²) in [5.41, 5.74) is 0.129. The molecule has 4 atom stereocenters. The molecule has 0 spiro atoms. The number of hydrogen-bond acceptors (Lipinski definition) is 8. The predicted molar refractivity (Wildman–Crippen MR) is 120 cm³/mol. The van der Waals surface area contributed by atoms with Crippen LogP contribution < -0.4 is 10.6 Å². The average Bonchev–Trinajstić information content (AvgIpc) is 3.34. The highest BCUT2D eigenvalue weighted by molar-refractivity contribution is 5.86. The molecule has 2 aliphatic rings. The van der Waals surface area contributed by atoms with E-state index in [1.165, 1.54) is 0 Å². The summed E-state index contributed by atoms with van der Waals surface area (Å²) in [5.74, 6) is -0.196. The van der Waals surface area contributed by atoms with Crippen LogP contribution in [0.1, 0.15) is 47.0 Å². The molecular weight excluding hydrogens is 432 g/mol. The maximum Gasteiger partial charge on any atom is 0.407 e. The van der Waals surface area contributed by atoms with Gasteiger partial charge in [-0.05, 0) is 37.5 Å². The van der Waals surface area contributed by atoms with Crippen molar-refractivity contribution in [2.75, 3.05) is 39.5 Å². The third-order valence-corrected chi connectivity index (χ3v) is 5.60. The van der Waals surface area contributed by atoms with Crippen molar-refractivity contribution in [3.8, 4) is 0 Å². The third-order valence-electron chi connectivity index (χ3n) is 5.60. The molecule has 0 aromatic rings. The Bertz CT molecular complexity index is 696. The van der Waals surface area contributed by atoms with Crippen molar-refractivity contribution in [1.82, 2.24) is 10.6 Å². The molecule has 1 unspecified atom stereocenters. The SMILES string of the molecule is C=C(C)C(=O)OCCOC(=O)NCC(C)(C)CC(C)CCNC(=O)O[C@@H]1CO[C@@H]2CCO[C@@H]21. The summed E-state index contributed by atoms with van der Waals surface area (Å²) >= 11 is 0. The molecule has 0 aromatic heterocycles. The third kappa shape index (κ3) is 9.59. The first-order chi connectivity index (χ1) is 15.6. The van der Waals surface area contributed by atoms with E-state index < -0.39 is 18.2 Å². The summed E-state index contributed by atoms with van der Waals surface area (Å²) in [5, 5.41) is 5.54. The number of carbonyl (C=O) groups excluding carboxylic acids is 3. The smallest absolute Gasteiger partial charge is 0.407 e. The lowest BCUT2D eigenvalue weighted by molar-refractivity contribution is -0.139. The van der Waals surface area contributed by atoms with Crippen LogP contribution in [0.3, 0.4) is 0 Å². The highest BCUT2D eigenvalue weighted by Gasteiger charge is 2.44. The van der Waals surface area contributed by atoms with Crippen LogP contribution in [0.4, 0.5) is 9.59 Å². The van der Waals surface area contributed by atoms with Crippen molar-refractivity contribution < 1.29 is 38.1 Å². The van der Waals surface area contributed by atoms with Gasteiger partial charge in [-0.1, -0.05) is 27.4 Å². The second kappa shape index (κ2) is 12.8. The molecule has 10 nitrogen and oxygen atoms in total. The number of esters is 1. The van der Waals surface area contributed by atoms with Crippen LogP contribution in [0.25, 0.3) is 0 Å². The van der Waals surface area contributed by atoms with Crippen LogP contribution in [0.2, 0.25) is 0 Å². The Morgan fingerprint density at radius 3 is 2.58 bits per heavy atom. The van der Waals surface area contributed by atoms with Gasteiger partial charge in [-0.3, -0.25) is 0 Å². The highest BCUT2D eigenvalue weighted by atomic mass is 16.6. The molecule has 188 valence electrons. The number of hydrogen-bond donors (Lipinski definition) is 2. The largest absolute Gasteiger partial charge is 0.459 e. The minimum atomic E-state index is -0.559. The zero-order chi connectivity index (χ0) is 24.4. The summed E-state index contributed by atoms with van der Waals surface area (Å²) in [7, 11) is 0. The van der Waals surface area contributed by atoms with Gasteiger partial charge in [-0.15, -0.1) is 0 Å². The molecule has 2 saturated heterocycles. The zero-order valence-electron chi connectivity index (χ0n) is 20.1. The summed E-state index contributed by atoms with van der Waals surface area (Å²) in [6.45, 7) is 13.1. The fourth-order valence-electron chi connectivity index (χ4n) is 4.00. The molecule has 0 saturated carbocycles.